The van der Waals surface area contributed by atoms with Gasteiger partial charge in [-0.05, 0) is 30.5 Å². The highest BCUT2D eigenvalue weighted by Crippen LogP contribution is 2.39. The molecule has 0 saturated heterocycles. The summed E-state index contributed by atoms with van der Waals surface area (Å²) < 4.78 is 97.7. The molecule has 14 heteroatoms. The number of fused-ring (bicyclic) bond motifs is 1. The highest BCUT2D eigenvalue weighted by molar-refractivity contribution is 7.89. The van der Waals surface area contributed by atoms with Gasteiger partial charge in [-0.1, -0.05) is 12.8 Å². The van der Waals surface area contributed by atoms with E-state index in [0.29, 0.717) is 25.7 Å². The first-order valence-corrected chi connectivity index (χ1v) is 11.1. The van der Waals surface area contributed by atoms with Crippen molar-refractivity contribution in [1.82, 2.24) is 19.8 Å². The molecule has 1 amide bonds. The molecule has 32 heavy (non-hydrogen) atoms. The van der Waals surface area contributed by atoms with Crippen LogP contribution < -0.4 is 5.32 Å². The Hall–Kier alpha value is -2.61. The Morgan fingerprint density at radius 2 is 1.88 bits per heavy atom. The Morgan fingerprint density at radius 3 is 2.53 bits per heavy atom. The van der Waals surface area contributed by atoms with E-state index in [2.05, 4.69) is 15.5 Å². The van der Waals surface area contributed by atoms with Crippen molar-refractivity contribution in [2.24, 2.45) is 0 Å². The number of hydrogen-bond acceptors (Lipinski definition) is 6. The second kappa shape index (κ2) is 8.39. The number of aromatic nitrogens is 2. The Bertz CT molecular complexity index is 1140. The Morgan fingerprint density at radius 1 is 1.16 bits per heavy atom. The van der Waals surface area contributed by atoms with Crippen molar-refractivity contribution in [3.05, 3.63) is 29.4 Å². The molecule has 2 aliphatic rings. The molecule has 0 unspecified atom stereocenters. The highest BCUT2D eigenvalue weighted by atomic mass is 32.2. The van der Waals surface area contributed by atoms with Gasteiger partial charge < -0.3 is 9.73 Å². The number of amides is 1. The average molecular weight is 480 g/mol. The Balaban J connectivity index is 1.67. The van der Waals surface area contributed by atoms with Gasteiger partial charge in [0.2, 0.25) is 10.0 Å². The first-order valence-electron chi connectivity index (χ1n) is 9.64. The van der Waals surface area contributed by atoms with Crippen LogP contribution in [0.1, 0.15) is 43.6 Å². The lowest BCUT2D eigenvalue weighted by molar-refractivity contribution is -0.133. The van der Waals surface area contributed by atoms with E-state index in [0.717, 1.165) is 16.4 Å². The lowest BCUT2D eigenvalue weighted by Gasteiger charge is -2.37. The van der Waals surface area contributed by atoms with Gasteiger partial charge in [-0.25, -0.2) is 12.8 Å². The van der Waals surface area contributed by atoms with Crippen LogP contribution in [0.15, 0.2) is 21.4 Å². The van der Waals surface area contributed by atoms with E-state index < -0.39 is 64.0 Å². The van der Waals surface area contributed by atoms with E-state index in [1.807, 2.05) is 0 Å². The van der Waals surface area contributed by atoms with Crippen LogP contribution in [0.25, 0.3) is 11.5 Å². The molecule has 1 aromatic carbocycles. The smallest absolute Gasteiger partial charge is 0.315 e. The first kappa shape index (κ1) is 22.6. The van der Waals surface area contributed by atoms with Gasteiger partial charge in [-0.3, -0.25) is 4.79 Å². The summed E-state index contributed by atoms with van der Waals surface area (Å²) in [6.45, 7) is -0.229. The van der Waals surface area contributed by atoms with E-state index in [-0.39, 0.29) is 17.0 Å². The fourth-order valence-corrected chi connectivity index (χ4v) is 5.99. The Labute approximate surface area is 178 Å². The molecular weight excluding hydrogens is 463 g/mol. The van der Waals surface area contributed by atoms with Crippen LogP contribution in [-0.2, 0) is 21.4 Å². The van der Waals surface area contributed by atoms with Crippen LogP contribution in [0.4, 0.5) is 22.0 Å². The van der Waals surface area contributed by atoms with E-state index >= 15 is 0 Å². The lowest BCUT2D eigenvalue weighted by Crippen LogP contribution is -2.54. The maximum atomic E-state index is 14.6. The molecule has 1 aromatic heterocycles. The van der Waals surface area contributed by atoms with E-state index in [4.69, 9.17) is 4.42 Å². The third-order valence-electron chi connectivity index (χ3n) is 5.55. The maximum Gasteiger partial charge on any atom is 0.315 e. The molecule has 0 radical (unpaired) electrons. The number of carbonyl (C=O) groups is 1. The van der Waals surface area contributed by atoms with Gasteiger partial charge in [0.25, 0.3) is 17.7 Å². The maximum absolute atomic E-state index is 14.6. The average Bonchev–Trinajstić information content (AvgIpc) is 3.31. The van der Waals surface area contributed by atoms with Crippen molar-refractivity contribution in [2.75, 3.05) is 0 Å². The van der Waals surface area contributed by atoms with Crippen molar-refractivity contribution in [3.8, 4) is 11.5 Å². The second-order valence-electron chi connectivity index (χ2n) is 7.50. The number of halogens is 5. The standard InChI is InChI=1S/C18H17F5N4O4S/c19-10-5-8-7-27(12-4-2-1-3-11(12)24-16(28)14(20)21)32(29,30)13(8)6-9(10)17-25-26-18(31-17)15(22)23/h5-6,11-12,14-15H,1-4,7H2,(H,24,28)/t11-,12-/m1/s1. The molecule has 2 atom stereocenters. The zero-order valence-electron chi connectivity index (χ0n) is 16.3. The van der Waals surface area contributed by atoms with Crippen LogP contribution in [-0.4, -0.2) is 47.3 Å². The minimum atomic E-state index is -4.20. The van der Waals surface area contributed by atoms with Crippen LogP contribution in [0.5, 0.6) is 0 Å². The van der Waals surface area contributed by atoms with E-state index in [1.165, 1.54) is 0 Å². The summed E-state index contributed by atoms with van der Waals surface area (Å²) in [6.07, 6.45) is -4.46. The quantitative estimate of drug-likeness (QED) is 0.660. The van der Waals surface area contributed by atoms with Crippen LogP contribution >= 0.6 is 0 Å². The molecule has 0 spiro atoms. The third kappa shape index (κ3) is 3.96. The molecule has 8 nitrogen and oxygen atoms in total. The predicted octanol–water partition coefficient (Wildman–Crippen LogP) is 3.01. The first-order chi connectivity index (χ1) is 15.1. The Kier molecular flexibility index (Phi) is 5.92. The summed E-state index contributed by atoms with van der Waals surface area (Å²) in [7, 11) is -4.20. The van der Waals surface area contributed by atoms with Gasteiger partial charge in [0.05, 0.1) is 10.5 Å². The number of rotatable bonds is 5. The van der Waals surface area contributed by atoms with Gasteiger partial charge in [-0.15, -0.1) is 10.2 Å². The van der Waals surface area contributed by atoms with Gasteiger partial charge >= 0.3 is 12.9 Å². The number of hydrogen-bond donors (Lipinski definition) is 1. The molecule has 174 valence electrons. The molecule has 0 bridgehead atoms. The molecule has 1 aliphatic heterocycles. The van der Waals surface area contributed by atoms with Gasteiger partial charge in [0, 0.05) is 18.6 Å². The van der Waals surface area contributed by atoms with Crippen molar-refractivity contribution in [3.63, 3.8) is 0 Å². The SMILES string of the molecule is O=C(N[C@@H]1CCCC[C@H]1N1Cc2cc(F)c(-c3nnc(C(F)F)o3)cc2S1(=O)=O)C(F)F. The lowest BCUT2D eigenvalue weighted by atomic mass is 9.90. The number of nitrogens with zero attached hydrogens (tertiary/aromatic N) is 3. The van der Waals surface area contributed by atoms with Crippen molar-refractivity contribution in [2.45, 2.75) is 62.1 Å². The van der Waals surface area contributed by atoms with Crippen molar-refractivity contribution in [1.29, 1.82) is 0 Å². The minimum absolute atomic E-state index is 0.101. The monoisotopic (exact) mass is 480 g/mol. The molecule has 4 rings (SSSR count). The number of carbonyl (C=O) groups excluding carboxylic acids is 1. The summed E-state index contributed by atoms with van der Waals surface area (Å²) in [6, 6.07) is 0.231. The fraction of sp³-hybridized carbons (Fsp3) is 0.500. The number of alkyl halides is 4. The largest absolute Gasteiger partial charge is 0.415 e. The zero-order chi connectivity index (χ0) is 23.2. The van der Waals surface area contributed by atoms with E-state index in [1.54, 1.807) is 0 Å². The van der Waals surface area contributed by atoms with Gasteiger partial charge in [0.15, 0.2) is 0 Å². The fourth-order valence-electron chi connectivity index (χ4n) is 4.10. The molecule has 2 aromatic rings. The van der Waals surface area contributed by atoms with Crippen molar-refractivity contribution < 1.29 is 39.6 Å². The summed E-state index contributed by atoms with van der Waals surface area (Å²) in [5, 5.41) is 8.66. The molecule has 2 heterocycles. The molecule has 1 aliphatic carbocycles. The summed E-state index contributed by atoms with van der Waals surface area (Å²) >= 11 is 0. The zero-order valence-corrected chi connectivity index (χ0v) is 17.1. The predicted molar refractivity (Wildman–Crippen MR) is 97.6 cm³/mol. The number of benzene rings is 1. The summed E-state index contributed by atoms with van der Waals surface area (Å²) in [4.78, 5) is 11.2. The van der Waals surface area contributed by atoms with E-state index in [9.17, 15) is 35.2 Å². The van der Waals surface area contributed by atoms with Gasteiger partial charge in [-0.2, -0.15) is 21.9 Å². The highest BCUT2D eigenvalue weighted by Gasteiger charge is 2.44. The van der Waals surface area contributed by atoms with Crippen molar-refractivity contribution >= 4 is 15.9 Å². The molecular formula is C18H17F5N4O4S. The van der Waals surface area contributed by atoms with Crippen LogP contribution in [0.3, 0.4) is 0 Å². The topological polar surface area (TPSA) is 105 Å². The molecule has 1 N–H and O–H groups in total. The number of nitrogens with one attached hydrogen (secondary N) is 1. The van der Waals surface area contributed by atoms with Gasteiger partial charge in [0.1, 0.15) is 5.82 Å². The summed E-state index contributed by atoms with van der Waals surface area (Å²) in [5.41, 5.74) is -0.357. The van der Waals surface area contributed by atoms with Crippen LogP contribution in [0.2, 0.25) is 0 Å². The molecule has 1 saturated carbocycles. The second-order valence-corrected chi connectivity index (χ2v) is 9.36. The minimum Gasteiger partial charge on any atom is -0.415 e. The number of sulfonamides is 1. The van der Waals surface area contributed by atoms with Crippen LogP contribution in [0, 0.1) is 5.82 Å². The molecule has 1 fully saturated rings. The normalized spacial score (nSPS) is 23.0. The third-order valence-corrected chi connectivity index (χ3v) is 7.50. The summed E-state index contributed by atoms with van der Waals surface area (Å²) in [5.74, 6) is -4.08.